The van der Waals surface area contributed by atoms with E-state index in [1.807, 2.05) is 0 Å². The van der Waals surface area contributed by atoms with Gasteiger partial charge in [0.25, 0.3) is 5.78 Å². The summed E-state index contributed by atoms with van der Waals surface area (Å²) in [5.41, 5.74) is -1.29. The minimum absolute atomic E-state index is 0.410. The minimum Gasteiger partial charge on any atom is -0.463 e. The lowest BCUT2D eigenvalue weighted by atomic mass is 10.0. The number of hydrogen-bond acceptors (Lipinski definition) is 5. The molecule has 0 aromatic carbocycles. The zero-order valence-electron chi connectivity index (χ0n) is 10.7. The molecule has 0 aromatic heterocycles. The molecule has 0 unspecified atom stereocenters. The highest BCUT2D eigenvalue weighted by Gasteiger charge is 2.49. The van der Waals surface area contributed by atoms with Crippen LogP contribution in [0.5, 0.6) is 0 Å². The molecule has 0 atom stereocenters. The Morgan fingerprint density at radius 1 is 1.29 bits per heavy atom. The maximum atomic E-state index is 12.0. The predicted octanol–water partition coefficient (Wildman–Crippen LogP) is 0.378. The molecule has 1 aliphatic heterocycles. The van der Waals surface area contributed by atoms with Crippen LogP contribution in [0.2, 0.25) is 0 Å². The average molecular weight is 241 g/mol. The van der Waals surface area contributed by atoms with Crippen LogP contribution in [0, 0.1) is 0 Å². The molecule has 95 valence electrons. The van der Waals surface area contributed by atoms with Gasteiger partial charge in [-0.15, -0.1) is 10.3 Å². The molecule has 6 nitrogen and oxygen atoms in total. The van der Waals surface area contributed by atoms with Crippen LogP contribution in [0.25, 0.3) is 0 Å². The molecule has 1 N–H and O–H groups in total. The summed E-state index contributed by atoms with van der Waals surface area (Å²) >= 11 is 0. The van der Waals surface area contributed by atoms with Crippen molar-refractivity contribution in [1.82, 2.24) is 10.4 Å². The fourth-order valence-corrected chi connectivity index (χ4v) is 1.84. The lowest BCUT2D eigenvalue weighted by Gasteiger charge is -2.29. The number of nitrogens with zero attached hydrogens (tertiary/aromatic N) is 1. The highest BCUT2D eigenvalue weighted by Crippen LogP contribution is 2.35. The van der Waals surface area contributed by atoms with Crippen LogP contribution in [0.1, 0.15) is 27.7 Å². The van der Waals surface area contributed by atoms with Gasteiger partial charge in [-0.2, -0.15) is 0 Å². The molecule has 6 heteroatoms. The predicted molar refractivity (Wildman–Crippen MR) is 58.9 cm³/mol. The van der Waals surface area contributed by atoms with Crippen molar-refractivity contribution >= 4 is 11.8 Å². The van der Waals surface area contributed by atoms with E-state index in [-0.39, 0.29) is 0 Å². The Kier molecular flexibility index (Phi) is 3.31. The van der Waals surface area contributed by atoms with E-state index in [9.17, 15) is 14.8 Å². The number of hydrogen-bond donors (Lipinski definition) is 1. The highest BCUT2D eigenvalue weighted by molar-refractivity contribution is 6.38. The van der Waals surface area contributed by atoms with Crippen LogP contribution < -0.4 is 5.32 Å². The van der Waals surface area contributed by atoms with E-state index in [4.69, 9.17) is 0 Å². The highest BCUT2D eigenvalue weighted by atomic mass is 16.5. The number of methoxy groups -OCH3 is 1. The molecule has 1 rings (SSSR count). The van der Waals surface area contributed by atoms with Crippen molar-refractivity contribution in [2.75, 3.05) is 7.11 Å². The van der Waals surface area contributed by atoms with Gasteiger partial charge in [-0.3, -0.25) is 4.79 Å². The summed E-state index contributed by atoms with van der Waals surface area (Å²) in [5.74, 6) is -1.73. The molecule has 0 aliphatic carbocycles. The molecule has 1 radical (unpaired) electrons. The van der Waals surface area contributed by atoms with Gasteiger partial charge in [0.1, 0.15) is 5.66 Å². The van der Waals surface area contributed by atoms with Crippen LogP contribution in [0.3, 0.4) is 0 Å². The van der Waals surface area contributed by atoms with Crippen LogP contribution in [-0.4, -0.2) is 35.1 Å². The molecular formula is C11H17N2O4. The van der Waals surface area contributed by atoms with E-state index in [1.165, 1.54) is 0 Å². The molecular weight excluding hydrogens is 224 g/mol. The van der Waals surface area contributed by atoms with Crippen molar-refractivity contribution < 1.29 is 19.5 Å². The van der Waals surface area contributed by atoms with Crippen LogP contribution in [-0.2, 0) is 19.5 Å². The summed E-state index contributed by atoms with van der Waals surface area (Å²) in [6.07, 6.45) is 1.12. The zero-order chi connectivity index (χ0) is 13.4. The molecule has 1 aliphatic rings. The molecule has 1 saturated heterocycles. The first-order valence-corrected chi connectivity index (χ1v) is 5.23. The van der Waals surface area contributed by atoms with Gasteiger partial charge in [0.05, 0.1) is 12.6 Å². The third-order valence-electron chi connectivity index (χ3n) is 2.78. The molecule has 0 spiro atoms. The van der Waals surface area contributed by atoms with Crippen LogP contribution >= 0.6 is 0 Å². The van der Waals surface area contributed by atoms with Gasteiger partial charge in [-0.25, -0.2) is 4.79 Å². The van der Waals surface area contributed by atoms with Crippen molar-refractivity contribution in [2.24, 2.45) is 0 Å². The summed E-state index contributed by atoms with van der Waals surface area (Å²) in [6, 6.07) is 0. The number of carbonyl (C=O) groups is 2. The first-order chi connectivity index (χ1) is 7.63. The lowest BCUT2D eigenvalue weighted by Crippen LogP contribution is -2.47. The summed E-state index contributed by atoms with van der Waals surface area (Å²) < 4.78 is 4.32. The van der Waals surface area contributed by atoms with Crippen molar-refractivity contribution in [2.45, 2.75) is 38.9 Å². The minimum atomic E-state index is -0.947. The standard InChI is InChI=1S/C11H17N2O4/c1-10(2)8(6-7(14)9(15)17-5)12-11(3,4)13(10)16/h6,12H,1-5H3/b8-6+. The van der Waals surface area contributed by atoms with Crippen molar-refractivity contribution in [3.8, 4) is 0 Å². The number of esters is 1. The Hall–Kier alpha value is -1.40. The number of rotatable bonds is 2. The van der Waals surface area contributed by atoms with Gasteiger partial charge in [-0.1, -0.05) is 0 Å². The Bertz CT molecular complexity index is 385. The van der Waals surface area contributed by atoms with Crippen LogP contribution in [0.15, 0.2) is 11.8 Å². The first-order valence-electron chi connectivity index (χ1n) is 5.23. The normalized spacial score (nSPS) is 24.5. The summed E-state index contributed by atoms with van der Waals surface area (Å²) in [4.78, 5) is 22.4. The largest absolute Gasteiger partial charge is 0.463 e. The van der Waals surface area contributed by atoms with Gasteiger partial charge in [-0.05, 0) is 27.7 Å². The summed E-state index contributed by atoms with van der Waals surface area (Å²) in [5, 5.41) is 15.7. The van der Waals surface area contributed by atoms with Gasteiger partial charge in [0.15, 0.2) is 0 Å². The van der Waals surface area contributed by atoms with Crippen molar-refractivity contribution in [1.29, 1.82) is 0 Å². The van der Waals surface area contributed by atoms with Gasteiger partial charge in [0.2, 0.25) is 0 Å². The number of carbonyl (C=O) groups excluding carboxylic acids is 2. The SMILES string of the molecule is COC(=O)C(=O)/C=C1/NC(C)(C)N([O])C1(C)C. The van der Waals surface area contributed by atoms with Crippen molar-refractivity contribution in [3.63, 3.8) is 0 Å². The van der Waals surface area contributed by atoms with Crippen molar-refractivity contribution in [3.05, 3.63) is 11.8 Å². The topological polar surface area (TPSA) is 78.5 Å². The van der Waals surface area contributed by atoms with Gasteiger partial charge >= 0.3 is 5.97 Å². The average Bonchev–Trinajstić information content (AvgIpc) is 2.38. The zero-order valence-corrected chi connectivity index (χ0v) is 10.7. The lowest BCUT2D eigenvalue weighted by molar-refractivity contribution is -0.243. The molecule has 0 saturated carbocycles. The molecule has 17 heavy (non-hydrogen) atoms. The number of nitrogens with one attached hydrogen (secondary N) is 1. The monoisotopic (exact) mass is 241 g/mol. The summed E-state index contributed by atoms with van der Waals surface area (Å²) in [7, 11) is 1.13. The van der Waals surface area contributed by atoms with E-state index >= 15 is 0 Å². The quantitative estimate of drug-likeness (QED) is 0.429. The Balaban J connectivity index is 3.05. The Labute approximate surface area is 100 Å². The Morgan fingerprint density at radius 3 is 2.18 bits per heavy atom. The van der Waals surface area contributed by atoms with Gasteiger partial charge in [0, 0.05) is 11.8 Å². The van der Waals surface area contributed by atoms with E-state index in [1.54, 1.807) is 27.7 Å². The molecule has 1 fully saturated rings. The van der Waals surface area contributed by atoms with E-state index in [0.717, 1.165) is 18.2 Å². The number of ether oxygens (including phenoxy) is 1. The smallest absolute Gasteiger partial charge is 0.378 e. The molecule has 0 amide bonds. The molecule has 0 bridgehead atoms. The summed E-state index contributed by atoms with van der Waals surface area (Å²) in [6.45, 7) is 6.76. The third-order valence-corrected chi connectivity index (χ3v) is 2.78. The van der Waals surface area contributed by atoms with E-state index < -0.39 is 23.0 Å². The number of hydroxylamine groups is 2. The first kappa shape index (κ1) is 13.7. The molecule has 0 aromatic rings. The van der Waals surface area contributed by atoms with E-state index in [0.29, 0.717) is 5.70 Å². The Morgan fingerprint density at radius 2 is 1.82 bits per heavy atom. The second-order valence-corrected chi connectivity index (χ2v) is 4.95. The van der Waals surface area contributed by atoms with E-state index in [2.05, 4.69) is 10.1 Å². The fraction of sp³-hybridized carbons (Fsp3) is 0.636. The third kappa shape index (κ3) is 2.32. The fourth-order valence-electron chi connectivity index (χ4n) is 1.84. The second-order valence-electron chi connectivity index (χ2n) is 4.95. The maximum absolute atomic E-state index is 12.0. The maximum Gasteiger partial charge on any atom is 0.378 e. The van der Waals surface area contributed by atoms with Gasteiger partial charge < -0.3 is 10.1 Å². The molecule has 1 heterocycles. The van der Waals surface area contributed by atoms with Crippen LogP contribution in [0.4, 0.5) is 0 Å². The number of ketones is 1. The second kappa shape index (κ2) is 4.12.